The molecule has 18 heavy (non-hydrogen) atoms. The summed E-state index contributed by atoms with van der Waals surface area (Å²) in [6.07, 6.45) is -5.13. The van der Waals surface area contributed by atoms with Gasteiger partial charge in [-0.15, -0.1) is 13.2 Å². The first-order valence-corrected chi connectivity index (χ1v) is 4.62. The molecule has 0 saturated carbocycles. The Morgan fingerprint density at radius 1 is 1.50 bits per heavy atom. The van der Waals surface area contributed by atoms with E-state index in [2.05, 4.69) is 9.72 Å². The zero-order valence-electron chi connectivity index (χ0n) is 8.86. The number of aliphatic carboxylic acids is 1. The van der Waals surface area contributed by atoms with Crippen molar-refractivity contribution in [2.24, 2.45) is 5.73 Å². The Morgan fingerprint density at radius 3 is 2.56 bits per heavy atom. The van der Waals surface area contributed by atoms with Crippen molar-refractivity contribution >= 4 is 5.97 Å². The highest BCUT2D eigenvalue weighted by Gasteiger charge is 2.34. The van der Waals surface area contributed by atoms with Crippen LogP contribution in [0.15, 0.2) is 6.20 Å². The summed E-state index contributed by atoms with van der Waals surface area (Å²) in [5.41, 5.74) is 4.75. The van der Waals surface area contributed by atoms with Gasteiger partial charge in [-0.25, -0.2) is 0 Å². The number of nitrogens with two attached hydrogens (primary N) is 1. The number of carbonyl (C=O) groups is 1. The summed E-state index contributed by atoms with van der Waals surface area (Å²) in [6, 6.07) is 0. The van der Waals surface area contributed by atoms with Crippen LogP contribution >= 0.6 is 0 Å². The fraction of sp³-hybridized carbons (Fsp3) is 0.333. The Bertz CT molecular complexity index is 462. The molecule has 0 spiro atoms. The van der Waals surface area contributed by atoms with E-state index < -0.39 is 35.8 Å². The Labute approximate surface area is 98.8 Å². The molecule has 1 heterocycles. The SMILES string of the molecule is NCc1ncc(O)c(OC(F)(F)F)c1CC(=O)O. The number of carboxylic acid groups (broad SMARTS) is 1. The monoisotopic (exact) mass is 266 g/mol. The van der Waals surface area contributed by atoms with Gasteiger partial charge in [0.05, 0.1) is 18.3 Å². The van der Waals surface area contributed by atoms with Gasteiger partial charge in [0, 0.05) is 12.1 Å². The third kappa shape index (κ3) is 3.48. The molecule has 6 nitrogen and oxygen atoms in total. The number of aromatic hydroxyl groups is 1. The zero-order chi connectivity index (χ0) is 13.9. The lowest BCUT2D eigenvalue weighted by Crippen LogP contribution is -2.20. The van der Waals surface area contributed by atoms with E-state index in [0.29, 0.717) is 6.20 Å². The number of carboxylic acids is 1. The highest BCUT2D eigenvalue weighted by Crippen LogP contribution is 2.35. The Morgan fingerprint density at radius 2 is 2.11 bits per heavy atom. The molecule has 0 atom stereocenters. The molecule has 0 aliphatic carbocycles. The summed E-state index contributed by atoms with van der Waals surface area (Å²) in [4.78, 5) is 14.1. The second-order valence-electron chi connectivity index (χ2n) is 3.22. The summed E-state index contributed by atoms with van der Waals surface area (Å²) in [6.45, 7) is -0.281. The van der Waals surface area contributed by atoms with Gasteiger partial charge >= 0.3 is 12.3 Å². The van der Waals surface area contributed by atoms with Gasteiger partial charge in [-0.05, 0) is 0 Å². The summed E-state index contributed by atoms with van der Waals surface area (Å²) < 4.78 is 40.0. The number of aromatic nitrogens is 1. The number of alkyl halides is 3. The van der Waals surface area contributed by atoms with E-state index in [1.807, 2.05) is 0 Å². The van der Waals surface area contributed by atoms with Gasteiger partial charge in [-0.2, -0.15) is 0 Å². The van der Waals surface area contributed by atoms with Crippen molar-refractivity contribution in [3.63, 3.8) is 0 Å². The molecule has 0 aromatic carbocycles. The molecule has 0 aliphatic rings. The van der Waals surface area contributed by atoms with Crippen molar-refractivity contribution in [3.05, 3.63) is 17.5 Å². The highest BCUT2D eigenvalue weighted by molar-refractivity contribution is 5.72. The average Bonchev–Trinajstić information content (AvgIpc) is 2.21. The predicted molar refractivity (Wildman–Crippen MR) is 51.8 cm³/mol. The molecule has 0 bridgehead atoms. The lowest BCUT2D eigenvalue weighted by Gasteiger charge is -2.15. The number of hydrogen-bond acceptors (Lipinski definition) is 5. The number of hydrogen-bond donors (Lipinski definition) is 3. The van der Waals surface area contributed by atoms with Crippen molar-refractivity contribution in [1.29, 1.82) is 0 Å². The molecule has 1 aromatic rings. The van der Waals surface area contributed by atoms with Crippen molar-refractivity contribution in [3.8, 4) is 11.5 Å². The van der Waals surface area contributed by atoms with Gasteiger partial charge in [-0.3, -0.25) is 9.78 Å². The smallest absolute Gasteiger partial charge is 0.503 e. The number of pyridine rings is 1. The van der Waals surface area contributed by atoms with Gasteiger partial charge < -0.3 is 20.7 Å². The second kappa shape index (κ2) is 5.08. The van der Waals surface area contributed by atoms with Crippen molar-refractivity contribution in [2.75, 3.05) is 0 Å². The predicted octanol–water partition coefficient (Wildman–Crippen LogP) is 0.772. The van der Waals surface area contributed by atoms with E-state index in [1.165, 1.54) is 0 Å². The van der Waals surface area contributed by atoms with E-state index in [4.69, 9.17) is 10.8 Å². The molecule has 0 amide bonds. The van der Waals surface area contributed by atoms with Crippen LogP contribution in [-0.2, 0) is 17.8 Å². The van der Waals surface area contributed by atoms with E-state index in [9.17, 15) is 23.1 Å². The van der Waals surface area contributed by atoms with Gasteiger partial charge in [0.1, 0.15) is 0 Å². The van der Waals surface area contributed by atoms with Crippen LogP contribution in [0.2, 0.25) is 0 Å². The number of ether oxygens (including phenoxy) is 1. The third-order valence-electron chi connectivity index (χ3n) is 1.94. The summed E-state index contributed by atoms with van der Waals surface area (Å²) in [7, 11) is 0. The Hall–Kier alpha value is -2.03. The molecule has 0 radical (unpaired) electrons. The van der Waals surface area contributed by atoms with Gasteiger partial charge in [0.25, 0.3) is 0 Å². The molecule has 1 aromatic heterocycles. The molecular formula is C9H9F3N2O4. The van der Waals surface area contributed by atoms with Gasteiger partial charge in [-0.1, -0.05) is 0 Å². The summed E-state index contributed by atoms with van der Waals surface area (Å²) >= 11 is 0. The Balaban J connectivity index is 3.31. The first kappa shape index (κ1) is 14.0. The van der Waals surface area contributed by atoms with Crippen LogP contribution in [-0.4, -0.2) is 27.5 Å². The first-order chi connectivity index (χ1) is 8.24. The second-order valence-corrected chi connectivity index (χ2v) is 3.22. The molecule has 0 unspecified atom stereocenters. The molecule has 0 aliphatic heterocycles. The fourth-order valence-corrected chi connectivity index (χ4v) is 1.30. The third-order valence-corrected chi connectivity index (χ3v) is 1.94. The van der Waals surface area contributed by atoms with Crippen LogP contribution < -0.4 is 10.5 Å². The van der Waals surface area contributed by atoms with E-state index in [1.54, 1.807) is 0 Å². The lowest BCUT2D eigenvalue weighted by atomic mass is 10.1. The van der Waals surface area contributed by atoms with Crippen LogP contribution in [0.1, 0.15) is 11.3 Å². The largest absolute Gasteiger partial charge is 0.573 e. The van der Waals surface area contributed by atoms with Crippen molar-refractivity contribution in [1.82, 2.24) is 4.98 Å². The minimum absolute atomic E-state index is 0.0885. The molecule has 4 N–H and O–H groups in total. The fourth-order valence-electron chi connectivity index (χ4n) is 1.30. The lowest BCUT2D eigenvalue weighted by molar-refractivity contribution is -0.275. The van der Waals surface area contributed by atoms with Gasteiger partial charge in [0.2, 0.25) is 0 Å². The molecule has 0 saturated heterocycles. The zero-order valence-corrected chi connectivity index (χ0v) is 8.86. The minimum Gasteiger partial charge on any atom is -0.503 e. The normalized spacial score (nSPS) is 11.3. The maximum absolute atomic E-state index is 12.1. The standard InChI is InChI=1S/C9H9F3N2O4/c10-9(11,12)18-8-4(1-7(16)17)5(2-13)14-3-6(8)15/h3,15H,1-2,13H2,(H,16,17). The summed E-state index contributed by atoms with van der Waals surface area (Å²) in [5, 5.41) is 17.9. The number of halogens is 3. The molecule has 1 rings (SSSR count). The van der Waals surface area contributed by atoms with Crippen LogP contribution in [0.25, 0.3) is 0 Å². The molecule has 100 valence electrons. The maximum Gasteiger partial charge on any atom is 0.573 e. The topological polar surface area (TPSA) is 106 Å². The van der Waals surface area contributed by atoms with Gasteiger partial charge in [0.15, 0.2) is 11.5 Å². The van der Waals surface area contributed by atoms with Crippen LogP contribution in [0.5, 0.6) is 11.5 Å². The van der Waals surface area contributed by atoms with E-state index >= 15 is 0 Å². The van der Waals surface area contributed by atoms with E-state index in [0.717, 1.165) is 0 Å². The minimum atomic E-state index is -5.06. The average molecular weight is 266 g/mol. The molecular weight excluding hydrogens is 257 g/mol. The van der Waals surface area contributed by atoms with Crippen molar-refractivity contribution in [2.45, 2.75) is 19.3 Å². The summed E-state index contributed by atoms with van der Waals surface area (Å²) in [5.74, 6) is -3.29. The van der Waals surface area contributed by atoms with Crippen molar-refractivity contribution < 1.29 is 32.9 Å². The first-order valence-electron chi connectivity index (χ1n) is 4.62. The molecule has 9 heteroatoms. The number of rotatable bonds is 4. The Kier molecular flexibility index (Phi) is 3.96. The maximum atomic E-state index is 12.1. The number of nitrogens with zero attached hydrogens (tertiary/aromatic N) is 1. The highest BCUT2D eigenvalue weighted by atomic mass is 19.4. The van der Waals surface area contributed by atoms with Crippen LogP contribution in [0, 0.1) is 0 Å². The van der Waals surface area contributed by atoms with Crippen LogP contribution in [0.3, 0.4) is 0 Å². The van der Waals surface area contributed by atoms with Crippen LogP contribution in [0.4, 0.5) is 13.2 Å². The molecule has 0 fully saturated rings. The van der Waals surface area contributed by atoms with E-state index in [-0.39, 0.29) is 12.2 Å². The quantitative estimate of drug-likeness (QED) is 0.743.